The Hall–Kier alpha value is -2.39. The van der Waals surface area contributed by atoms with E-state index in [0.717, 1.165) is 19.4 Å². The summed E-state index contributed by atoms with van der Waals surface area (Å²) in [6.45, 7) is 0.757. The molecule has 1 aromatic rings. The number of aliphatic carboxylic acids is 1. The van der Waals surface area contributed by atoms with E-state index >= 15 is 0 Å². The Morgan fingerprint density at radius 1 is 1.28 bits per heavy atom. The van der Waals surface area contributed by atoms with Crippen LogP contribution in [0.2, 0.25) is 0 Å². The van der Waals surface area contributed by atoms with Crippen molar-refractivity contribution >= 4 is 5.97 Å². The molecule has 107 valence electrons. The minimum absolute atomic E-state index is 0. The molecule has 0 amide bonds. The quantitative estimate of drug-likeness (QED) is 0.586. The van der Waals surface area contributed by atoms with Gasteiger partial charge in [-0.1, -0.05) is 36.8 Å². The van der Waals surface area contributed by atoms with E-state index in [9.17, 15) is 15.0 Å². The average Bonchev–Trinajstić information content (AvgIpc) is 2.39. The van der Waals surface area contributed by atoms with Crippen molar-refractivity contribution in [1.82, 2.24) is 5.32 Å². The Labute approximate surface area is 100 Å². The molecule has 0 saturated carbocycles. The molecule has 1 heterocycles. The van der Waals surface area contributed by atoms with Gasteiger partial charge in [0.1, 0.15) is 0 Å². The van der Waals surface area contributed by atoms with Crippen LogP contribution in [0.15, 0.2) is 30.3 Å². The molecule has 0 aliphatic carbocycles. The van der Waals surface area contributed by atoms with Gasteiger partial charge in [-0.05, 0) is 24.9 Å². The molecule has 1 aliphatic heterocycles. The molecule has 1 aromatic carbocycles. The van der Waals surface area contributed by atoms with Gasteiger partial charge in [0.05, 0.1) is 6.04 Å². The Kier molecular flexibility index (Phi) is 4.02. The molecule has 0 bridgehead atoms. The summed E-state index contributed by atoms with van der Waals surface area (Å²) in [5.74, 6) is -1.19. The molecule has 0 aromatic heterocycles. The second kappa shape index (κ2) is 5.29. The molecule has 1 saturated heterocycles. The molecule has 1 radical (unpaired) electrons. The van der Waals surface area contributed by atoms with Gasteiger partial charge in [0, 0.05) is 0 Å². The predicted octanol–water partition coefficient (Wildman–Crippen LogP) is 1.10. The fraction of sp³-hybridized carbons (Fsp3) is 0.462. The maximum absolute atomic E-state index is 11.4. The van der Waals surface area contributed by atoms with Gasteiger partial charge in [-0.2, -0.15) is 0 Å². The van der Waals surface area contributed by atoms with Gasteiger partial charge in [0.15, 0.2) is 0 Å². The number of carboxylic acids is 1. The van der Waals surface area contributed by atoms with Crippen LogP contribution < -0.4 is 5.32 Å². The molecule has 1 fully saturated rings. The monoisotopic (exact) mass is 497 g/mol. The number of hydrogen-bond acceptors (Lipinski definition) is 3. The SMILES string of the molecule is O=C(O)C(O)(c1ccccc1)[C@H]1CCCCN1.[Lr]. The van der Waals surface area contributed by atoms with Crippen LogP contribution in [-0.4, -0.2) is 28.8 Å². The van der Waals surface area contributed by atoms with Crippen LogP contribution in [0.25, 0.3) is 0 Å². The normalized spacial score (nSPS) is 22.6. The van der Waals surface area contributed by atoms with Crippen LogP contribution in [0.3, 0.4) is 0 Å². The van der Waals surface area contributed by atoms with Gasteiger partial charge in [0.25, 0.3) is 0 Å². The smallest absolute Gasteiger partial charge is 0.342 e. The fourth-order valence-electron chi connectivity index (χ4n) is 2.37. The molecular weight excluding hydrogens is 480 g/mol. The van der Waals surface area contributed by atoms with Crippen molar-refractivity contribution in [3.8, 4) is 0 Å². The van der Waals surface area contributed by atoms with Gasteiger partial charge in [0.2, 0.25) is 5.60 Å². The molecule has 5 heteroatoms. The Morgan fingerprint density at radius 2 is 1.94 bits per heavy atom. The van der Waals surface area contributed by atoms with E-state index in [1.54, 1.807) is 30.3 Å². The number of benzene rings is 1. The molecule has 2 rings (SSSR count). The third kappa shape index (κ3) is 2.17. The molecular formula is C13H17LrNO3. The second-order valence-electron chi connectivity index (χ2n) is 4.44. The summed E-state index contributed by atoms with van der Waals surface area (Å²) < 4.78 is 0. The maximum atomic E-state index is 11.4. The van der Waals surface area contributed by atoms with Crippen LogP contribution in [0.5, 0.6) is 0 Å². The van der Waals surface area contributed by atoms with Gasteiger partial charge >= 0.3 is 5.97 Å². The van der Waals surface area contributed by atoms with Crippen molar-refractivity contribution < 1.29 is 15.0 Å². The van der Waals surface area contributed by atoms with Crippen molar-refractivity contribution in [2.24, 2.45) is 0 Å². The number of carbonyl (C=O) groups is 1. The molecule has 0 spiro atoms. The topological polar surface area (TPSA) is 69.6 Å². The first-order valence-electron chi connectivity index (χ1n) is 5.90. The van der Waals surface area contributed by atoms with Crippen LogP contribution in [0.4, 0.5) is 0 Å². The summed E-state index contributed by atoms with van der Waals surface area (Å²) in [6, 6.07) is 8.18. The molecule has 4 nitrogen and oxygen atoms in total. The molecule has 18 heavy (non-hydrogen) atoms. The van der Waals surface area contributed by atoms with Crippen molar-refractivity contribution in [1.29, 1.82) is 0 Å². The van der Waals surface area contributed by atoms with E-state index < -0.39 is 17.6 Å². The van der Waals surface area contributed by atoms with Crippen LogP contribution in [0, 0.1) is 0 Å². The van der Waals surface area contributed by atoms with Gasteiger partial charge in [-0.25, -0.2) is 4.79 Å². The summed E-state index contributed by atoms with van der Waals surface area (Å²) in [5, 5.41) is 23.0. The van der Waals surface area contributed by atoms with Gasteiger partial charge in [-0.15, -0.1) is 0 Å². The van der Waals surface area contributed by atoms with Crippen molar-refractivity contribution in [2.45, 2.75) is 30.9 Å². The first kappa shape index (κ1) is 13.7. The second-order valence-corrected chi connectivity index (χ2v) is 4.44. The number of hydrogen-bond donors (Lipinski definition) is 3. The van der Waals surface area contributed by atoms with E-state index in [2.05, 4.69) is 5.32 Å². The molecule has 1 aliphatic rings. The maximum Gasteiger partial charge on any atom is 0.342 e. The van der Waals surface area contributed by atoms with Crippen LogP contribution >= 0.6 is 0 Å². The zero-order valence-electron chi connectivity index (χ0n) is 9.85. The summed E-state index contributed by atoms with van der Waals surface area (Å²) in [7, 11) is 0. The zero-order valence-corrected chi connectivity index (χ0v) is 12.0. The molecule has 3 N–H and O–H groups in total. The van der Waals surface area contributed by atoms with E-state index in [4.69, 9.17) is 0 Å². The van der Waals surface area contributed by atoms with Crippen molar-refractivity contribution in [2.75, 3.05) is 6.54 Å². The van der Waals surface area contributed by atoms with E-state index in [-0.39, 0.29) is 0 Å². The third-order valence-electron chi connectivity index (χ3n) is 3.35. The summed E-state index contributed by atoms with van der Waals surface area (Å²) >= 11 is 0. The first-order chi connectivity index (χ1) is 8.15. The zero-order chi connectivity index (χ0) is 12.3. The van der Waals surface area contributed by atoms with Crippen molar-refractivity contribution in [3.63, 3.8) is 0 Å². The Bertz CT molecular complexity index is 392. The third-order valence-corrected chi connectivity index (χ3v) is 3.35. The minimum atomic E-state index is -1.83. The van der Waals surface area contributed by atoms with Crippen LogP contribution in [0.1, 0.15) is 24.8 Å². The number of aliphatic hydroxyl groups is 1. The summed E-state index contributed by atoms with van der Waals surface area (Å²) in [6.07, 6.45) is 2.65. The standard InChI is InChI=1S/C13H17NO3.Lr/c15-12(16)13(17,10-6-2-1-3-7-10)11-8-4-5-9-14-11;/h1-3,6-7,11,14,17H,4-5,8-9H2,(H,15,16);/t11-,13?;/m1./s1. The number of piperidine rings is 1. The summed E-state index contributed by atoms with van der Waals surface area (Å²) in [5.41, 5.74) is -1.39. The number of nitrogens with one attached hydrogen (secondary N) is 1. The van der Waals surface area contributed by atoms with E-state index in [1.165, 1.54) is 0 Å². The van der Waals surface area contributed by atoms with E-state index in [0.29, 0.717) is 12.0 Å². The molecule has 2 atom stereocenters. The van der Waals surface area contributed by atoms with E-state index in [1.807, 2.05) is 0 Å². The van der Waals surface area contributed by atoms with Crippen molar-refractivity contribution in [3.05, 3.63) is 35.9 Å². The Balaban J connectivity index is 0.00000162. The van der Waals surface area contributed by atoms with Gasteiger partial charge < -0.3 is 15.5 Å². The minimum Gasteiger partial charge on any atom is -0.479 e. The van der Waals surface area contributed by atoms with Crippen LogP contribution in [-0.2, 0) is 10.4 Å². The number of carboxylic acid groups (broad SMARTS) is 1. The Morgan fingerprint density at radius 3 is 2.44 bits per heavy atom. The predicted molar refractivity (Wildman–Crippen MR) is 63.6 cm³/mol. The van der Waals surface area contributed by atoms with Gasteiger partial charge in [-0.3, -0.25) is 0 Å². The fourth-order valence-corrected chi connectivity index (χ4v) is 2.37. The number of rotatable bonds is 3. The first-order valence-corrected chi connectivity index (χ1v) is 5.90. The molecule has 1 unspecified atom stereocenters. The largest absolute Gasteiger partial charge is 0.479 e. The average molecular weight is 497 g/mol. The summed E-state index contributed by atoms with van der Waals surface area (Å²) in [4.78, 5) is 11.4.